The monoisotopic (exact) mass is 474 g/mol. The van der Waals surface area contributed by atoms with Crippen molar-refractivity contribution in [2.45, 2.75) is 64.1 Å². The van der Waals surface area contributed by atoms with Crippen molar-refractivity contribution < 1.29 is 34.7 Å². The lowest BCUT2D eigenvalue weighted by atomic mass is 9.85. The molecule has 0 radical (unpaired) electrons. The Balaban J connectivity index is 2.72. The Morgan fingerprint density at radius 1 is 1.12 bits per heavy atom. The topological polar surface area (TPSA) is 134 Å². The average Bonchev–Trinajstić information content (AvgIpc) is 2.77. The Labute approximate surface area is 199 Å². The zero-order valence-electron chi connectivity index (χ0n) is 19.7. The second-order valence-corrected chi connectivity index (χ2v) is 8.76. The standard InChI is InChI=1S/C26H34FNO6/c1-15(2)25-21(9-8-19(31)12-20(32)13-23(33)34)24(17-4-6-18(27)7-5-17)22(10-11-29)26(28-25)16(3)14-30/h4-9,15-16,19-20,29-32H,10-14H2,1-3H3,(H,33,34)/p-1/b9-8+/t16-,19-,20-/m1/s1. The van der Waals surface area contributed by atoms with Gasteiger partial charge in [0.2, 0.25) is 0 Å². The molecule has 8 heteroatoms. The molecule has 186 valence electrons. The van der Waals surface area contributed by atoms with Gasteiger partial charge in [-0.2, -0.15) is 0 Å². The number of hydrogen-bond acceptors (Lipinski definition) is 7. The predicted octanol–water partition coefficient (Wildman–Crippen LogP) is 1.91. The molecule has 1 heterocycles. The molecule has 0 aliphatic carbocycles. The van der Waals surface area contributed by atoms with Gasteiger partial charge in [-0.15, -0.1) is 0 Å². The number of hydrogen-bond donors (Lipinski definition) is 4. The van der Waals surface area contributed by atoms with Gasteiger partial charge in [0.05, 0.1) is 24.5 Å². The van der Waals surface area contributed by atoms with Gasteiger partial charge in [-0.25, -0.2) is 4.39 Å². The van der Waals surface area contributed by atoms with Crippen molar-refractivity contribution in [2.24, 2.45) is 0 Å². The zero-order valence-corrected chi connectivity index (χ0v) is 19.7. The highest BCUT2D eigenvalue weighted by Crippen LogP contribution is 2.37. The van der Waals surface area contributed by atoms with Crippen molar-refractivity contribution >= 4 is 12.0 Å². The summed E-state index contributed by atoms with van der Waals surface area (Å²) in [6.45, 7) is 5.43. The lowest BCUT2D eigenvalue weighted by Gasteiger charge is -2.24. The quantitative estimate of drug-likeness (QED) is 0.369. The largest absolute Gasteiger partial charge is 0.550 e. The van der Waals surface area contributed by atoms with Gasteiger partial charge >= 0.3 is 0 Å². The summed E-state index contributed by atoms with van der Waals surface area (Å²) in [7, 11) is 0. The van der Waals surface area contributed by atoms with Crippen LogP contribution in [0.2, 0.25) is 0 Å². The molecule has 0 aliphatic heterocycles. The van der Waals surface area contributed by atoms with Crippen LogP contribution in [-0.2, 0) is 11.2 Å². The number of nitrogens with zero attached hydrogens (tertiary/aromatic N) is 1. The fourth-order valence-corrected chi connectivity index (χ4v) is 3.93. The first-order chi connectivity index (χ1) is 16.1. The van der Waals surface area contributed by atoms with E-state index in [2.05, 4.69) is 0 Å². The minimum absolute atomic E-state index is 0.0486. The molecule has 0 spiro atoms. The van der Waals surface area contributed by atoms with Gasteiger partial charge in [0, 0.05) is 42.6 Å². The zero-order chi connectivity index (χ0) is 25.4. The summed E-state index contributed by atoms with van der Waals surface area (Å²) in [5.74, 6) is -2.16. The van der Waals surface area contributed by atoms with Crippen molar-refractivity contribution in [2.75, 3.05) is 13.2 Å². The highest BCUT2D eigenvalue weighted by Gasteiger charge is 2.24. The van der Waals surface area contributed by atoms with Crippen molar-refractivity contribution in [3.05, 3.63) is 58.7 Å². The van der Waals surface area contributed by atoms with Crippen LogP contribution in [0.4, 0.5) is 4.39 Å². The van der Waals surface area contributed by atoms with E-state index in [-0.39, 0.29) is 37.9 Å². The molecule has 4 N–H and O–H groups in total. The molecule has 2 aromatic rings. The van der Waals surface area contributed by atoms with Crippen LogP contribution in [0.3, 0.4) is 0 Å². The first kappa shape index (κ1) is 27.6. The minimum atomic E-state index is -1.41. The lowest BCUT2D eigenvalue weighted by molar-refractivity contribution is -0.307. The number of halogens is 1. The van der Waals surface area contributed by atoms with Crippen LogP contribution in [0.15, 0.2) is 30.3 Å². The molecule has 1 aromatic heterocycles. The van der Waals surface area contributed by atoms with E-state index in [1.54, 1.807) is 18.2 Å². The molecule has 7 nitrogen and oxygen atoms in total. The number of pyridine rings is 1. The molecule has 0 fully saturated rings. The molecule has 1 aromatic carbocycles. The predicted molar refractivity (Wildman–Crippen MR) is 125 cm³/mol. The van der Waals surface area contributed by atoms with Crippen LogP contribution < -0.4 is 5.11 Å². The van der Waals surface area contributed by atoms with Crippen molar-refractivity contribution in [3.8, 4) is 11.1 Å². The minimum Gasteiger partial charge on any atom is -0.550 e. The Morgan fingerprint density at radius 2 is 1.76 bits per heavy atom. The molecule has 0 aliphatic rings. The third-order valence-electron chi connectivity index (χ3n) is 5.58. The number of carboxylic acids is 1. The number of carboxylic acid groups (broad SMARTS) is 1. The summed E-state index contributed by atoms with van der Waals surface area (Å²) in [6.07, 6.45) is 0.196. The molecule has 0 unspecified atom stereocenters. The van der Waals surface area contributed by atoms with E-state index in [0.29, 0.717) is 33.6 Å². The lowest BCUT2D eigenvalue weighted by Crippen LogP contribution is -2.29. The number of aliphatic hydroxyl groups is 4. The summed E-state index contributed by atoms with van der Waals surface area (Å²) in [5, 5.41) is 50.5. The van der Waals surface area contributed by atoms with Crippen LogP contribution >= 0.6 is 0 Å². The first-order valence-corrected chi connectivity index (χ1v) is 11.4. The van der Waals surface area contributed by atoms with Crippen molar-refractivity contribution in [1.82, 2.24) is 4.98 Å². The van der Waals surface area contributed by atoms with Crippen LogP contribution in [0.5, 0.6) is 0 Å². The number of carbonyl (C=O) groups excluding carboxylic acids is 1. The van der Waals surface area contributed by atoms with Crippen LogP contribution in [0, 0.1) is 5.82 Å². The van der Waals surface area contributed by atoms with Crippen molar-refractivity contribution in [3.63, 3.8) is 0 Å². The Kier molecular flexibility index (Phi) is 10.3. The van der Waals surface area contributed by atoms with E-state index in [9.17, 15) is 34.7 Å². The molecule has 34 heavy (non-hydrogen) atoms. The molecule has 3 atom stereocenters. The molecule has 0 amide bonds. The van der Waals surface area contributed by atoms with Gasteiger partial charge < -0.3 is 30.3 Å². The fraction of sp³-hybridized carbons (Fsp3) is 0.462. The smallest absolute Gasteiger partial charge is 0.123 e. The number of carbonyl (C=O) groups is 1. The second-order valence-electron chi connectivity index (χ2n) is 8.76. The van der Waals surface area contributed by atoms with Crippen molar-refractivity contribution in [1.29, 1.82) is 0 Å². The second kappa shape index (κ2) is 12.7. The molecule has 0 saturated carbocycles. The van der Waals surface area contributed by atoms with Gasteiger partial charge in [-0.05, 0) is 41.2 Å². The Morgan fingerprint density at radius 3 is 2.29 bits per heavy atom. The van der Waals surface area contributed by atoms with E-state index in [4.69, 9.17) is 4.98 Å². The summed E-state index contributed by atoms with van der Waals surface area (Å²) in [6, 6.07) is 5.92. The molecule has 0 saturated heterocycles. The van der Waals surface area contributed by atoms with Gasteiger partial charge in [0.25, 0.3) is 0 Å². The third kappa shape index (κ3) is 7.17. The van der Waals surface area contributed by atoms with Crippen LogP contribution in [0.1, 0.15) is 68.0 Å². The van der Waals surface area contributed by atoms with Gasteiger partial charge in [-0.1, -0.05) is 45.1 Å². The van der Waals surface area contributed by atoms with Crippen LogP contribution in [-0.4, -0.2) is 56.8 Å². The summed E-state index contributed by atoms with van der Waals surface area (Å²) < 4.78 is 13.7. The summed E-state index contributed by atoms with van der Waals surface area (Å²) >= 11 is 0. The van der Waals surface area contributed by atoms with E-state index >= 15 is 0 Å². The number of aliphatic hydroxyl groups excluding tert-OH is 4. The maximum Gasteiger partial charge on any atom is 0.123 e. The van der Waals surface area contributed by atoms with E-state index < -0.39 is 30.4 Å². The maximum absolute atomic E-state index is 13.7. The van der Waals surface area contributed by atoms with E-state index in [1.165, 1.54) is 18.2 Å². The number of aromatic nitrogens is 1. The fourth-order valence-electron chi connectivity index (χ4n) is 3.93. The Bertz CT molecular complexity index is 990. The molecular weight excluding hydrogens is 441 g/mol. The summed E-state index contributed by atoms with van der Waals surface area (Å²) in [4.78, 5) is 15.5. The highest BCUT2D eigenvalue weighted by molar-refractivity contribution is 5.80. The van der Waals surface area contributed by atoms with Crippen LogP contribution in [0.25, 0.3) is 17.2 Å². The molecular formula is C26H33FNO6-. The number of aliphatic carboxylic acids is 1. The van der Waals surface area contributed by atoms with E-state index in [1.807, 2.05) is 20.8 Å². The maximum atomic E-state index is 13.7. The van der Waals surface area contributed by atoms with Gasteiger partial charge in [-0.3, -0.25) is 4.98 Å². The molecule has 2 rings (SSSR count). The third-order valence-corrected chi connectivity index (χ3v) is 5.58. The van der Waals surface area contributed by atoms with E-state index in [0.717, 1.165) is 0 Å². The van der Waals surface area contributed by atoms with Gasteiger partial charge in [0.1, 0.15) is 5.82 Å². The molecule has 0 bridgehead atoms. The first-order valence-electron chi connectivity index (χ1n) is 11.4. The normalized spacial score (nSPS) is 14.5. The average molecular weight is 475 g/mol. The Hall–Kier alpha value is -2.65. The SMILES string of the molecule is CC(C)c1nc([C@H](C)CO)c(CCO)c(-c2ccc(F)cc2)c1/C=C/[C@@H](O)C[C@@H](O)CC(=O)[O-]. The number of benzene rings is 1. The number of rotatable bonds is 12. The highest BCUT2D eigenvalue weighted by atomic mass is 19.1. The summed E-state index contributed by atoms with van der Waals surface area (Å²) in [5.41, 5.74) is 4.10. The van der Waals surface area contributed by atoms with Gasteiger partial charge in [0.15, 0.2) is 0 Å².